The van der Waals surface area contributed by atoms with Crippen molar-refractivity contribution in [1.82, 2.24) is 20.0 Å². The number of carbonyl (C=O) groups is 1. The summed E-state index contributed by atoms with van der Waals surface area (Å²) >= 11 is 1.47. The van der Waals surface area contributed by atoms with Crippen LogP contribution in [-0.2, 0) is 6.54 Å². The minimum Gasteiger partial charge on any atom is -0.296 e. The third kappa shape index (κ3) is 3.95. The Kier molecular flexibility index (Phi) is 4.65. The normalized spacial score (nSPS) is 13.4. The topological polar surface area (TPSA) is 72.7 Å². The lowest BCUT2D eigenvalue weighted by Crippen LogP contribution is -2.13. The summed E-state index contributed by atoms with van der Waals surface area (Å²) in [4.78, 5) is 12.9. The molecule has 0 unspecified atom stereocenters. The van der Waals surface area contributed by atoms with E-state index in [9.17, 15) is 4.79 Å². The number of anilines is 1. The maximum absolute atomic E-state index is 12.9. The van der Waals surface area contributed by atoms with Crippen LogP contribution >= 0.6 is 11.3 Å². The lowest BCUT2D eigenvalue weighted by atomic mass is 9.98. The highest BCUT2D eigenvalue weighted by Crippen LogP contribution is 2.42. The number of rotatable bonds is 6. The molecule has 1 aliphatic rings. The van der Waals surface area contributed by atoms with Crippen molar-refractivity contribution >= 4 is 22.4 Å². The van der Waals surface area contributed by atoms with E-state index in [1.54, 1.807) is 6.20 Å². The smallest absolute Gasteiger partial charge is 0.258 e. The van der Waals surface area contributed by atoms with Gasteiger partial charge in [-0.1, -0.05) is 53.8 Å². The van der Waals surface area contributed by atoms with Crippen LogP contribution < -0.4 is 5.32 Å². The largest absolute Gasteiger partial charge is 0.296 e. The Labute approximate surface area is 172 Å². The Morgan fingerprint density at radius 1 is 1.07 bits per heavy atom. The number of hydrogen-bond acceptors (Lipinski definition) is 5. The zero-order chi connectivity index (χ0) is 19.6. The number of aromatic nitrogens is 4. The van der Waals surface area contributed by atoms with E-state index in [0.29, 0.717) is 16.6 Å². The monoisotopic (exact) mass is 401 g/mol. The minimum absolute atomic E-state index is 0.167. The average Bonchev–Trinajstić information content (AvgIpc) is 3.27. The maximum Gasteiger partial charge on any atom is 0.258 e. The third-order valence-electron chi connectivity index (χ3n) is 4.93. The quantitative estimate of drug-likeness (QED) is 0.513. The van der Waals surface area contributed by atoms with E-state index < -0.39 is 0 Å². The fraction of sp³-hybridized carbons (Fsp3) is 0.182. The van der Waals surface area contributed by atoms with Gasteiger partial charge >= 0.3 is 0 Å². The molecule has 7 heteroatoms. The molecule has 2 heterocycles. The Morgan fingerprint density at radius 2 is 1.90 bits per heavy atom. The molecule has 1 aliphatic carbocycles. The van der Waals surface area contributed by atoms with Crippen LogP contribution in [0.25, 0.3) is 11.1 Å². The molecule has 2 aromatic carbocycles. The molecule has 2 aromatic heterocycles. The molecule has 1 saturated carbocycles. The first-order chi connectivity index (χ1) is 14.3. The van der Waals surface area contributed by atoms with Gasteiger partial charge in [-0.15, -0.1) is 10.2 Å². The van der Waals surface area contributed by atoms with Crippen molar-refractivity contribution in [3.05, 3.63) is 83.1 Å². The van der Waals surface area contributed by atoms with Gasteiger partial charge in [0.2, 0.25) is 5.13 Å². The molecule has 5 rings (SSSR count). The Bertz CT molecular complexity index is 1130. The molecule has 1 N–H and O–H groups in total. The molecular formula is C22H19N5OS. The van der Waals surface area contributed by atoms with Crippen LogP contribution in [0.5, 0.6) is 0 Å². The molecule has 144 valence electrons. The highest BCUT2D eigenvalue weighted by Gasteiger charge is 2.28. The van der Waals surface area contributed by atoms with Crippen LogP contribution in [0.3, 0.4) is 0 Å². The fourth-order valence-corrected chi connectivity index (χ4v) is 4.16. The molecule has 4 aromatic rings. The minimum atomic E-state index is -0.167. The third-order valence-corrected chi connectivity index (χ3v) is 5.93. The van der Waals surface area contributed by atoms with Crippen molar-refractivity contribution in [2.24, 2.45) is 0 Å². The Morgan fingerprint density at radius 3 is 2.66 bits per heavy atom. The second-order valence-electron chi connectivity index (χ2n) is 7.12. The lowest BCUT2D eigenvalue weighted by molar-refractivity contribution is 0.102. The van der Waals surface area contributed by atoms with Gasteiger partial charge in [-0.25, -0.2) is 0 Å². The fourth-order valence-electron chi connectivity index (χ4n) is 3.25. The summed E-state index contributed by atoms with van der Waals surface area (Å²) in [6.45, 7) is 0.718. The highest BCUT2D eigenvalue weighted by molar-refractivity contribution is 7.15. The first-order valence-corrected chi connectivity index (χ1v) is 10.4. The van der Waals surface area contributed by atoms with Crippen molar-refractivity contribution in [2.45, 2.75) is 25.3 Å². The van der Waals surface area contributed by atoms with E-state index in [-0.39, 0.29) is 5.91 Å². The standard InChI is InChI=1S/C22H19N5OS/c28-20(24-22-26-25-21(29-22)17-10-11-17)19-5-2-1-4-18(19)16-8-6-15(7-9-16)14-27-13-3-12-23-27/h1-9,12-13,17H,10-11,14H2,(H,24,26,28). The van der Waals surface area contributed by atoms with Gasteiger partial charge in [0, 0.05) is 23.9 Å². The molecule has 0 bridgehead atoms. The summed E-state index contributed by atoms with van der Waals surface area (Å²) < 4.78 is 1.88. The van der Waals surface area contributed by atoms with Crippen LogP contribution in [0, 0.1) is 0 Å². The molecule has 0 saturated heterocycles. The molecule has 0 aliphatic heterocycles. The van der Waals surface area contributed by atoms with E-state index in [1.807, 2.05) is 53.3 Å². The van der Waals surface area contributed by atoms with Gasteiger partial charge in [0.25, 0.3) is 5.91 Å². The van der Waals surface area contributed by atoms with E-state index in [2.05, 4.69) is 32.7 Å². The molecule has 1 amide bonds. The van der Waals surface area contributed by atoms with E-state index in [1.165, 1.54) is 24.2 Å². The molecule has 0 spiro atoms. The SMILES string of the molecule is O=C(Nc1nnc(C2CC2)s1)c1ccccc1-c1ccc(Cn2cccn2)cc1. The van der Waals surface area contributed by atoms with Crippen LogP contribution in [0.15, 0.2) is 67.0 Å². The van der Waals surface area contributed by atoms with E-state index in [4.69, 9.17) is 0 Å². The van der Waals surface area contributed by atoms with E-state index in [0.717, 1.165) is 28.2 Å². The Hall–Kier alpha value is -3.32. The Balaban J connectivity index is 1.36. The summed E-state index contributed by atoms with van der Waals surface area (Å²) in [6.07, 6.45) is 6.05. The van der Waals surface area contributed by atoms with Crippen molar-refractivity contribution in [2.75, 3.05) is 5.32 Å². The van der Waals surface area contributed by atoms with Crippen LogP contribution in [0.4, 0.5) is 5.13 Å². The van der Waals surface area contributed by atoms with Crippen molar-refractivity contribution < 1.29 is 4.79 Å². The van der Waals surface area contributed by atoms with Gasteiger partial charge in [0.15, 0.2) is 0 Å². The predicted octanol–water partition coefficient (Wildman–Crippen LogP) is 4.58. The number of carbonyl (C=O) groups excluding carboxylic acids is 1. The van der Waals surface area contributed by atoms with Gasteiger partial charge in [0.1, 0.15) is 5.01 Å². The summed E-state index contributed by atoms with van der Waals surface area (Å²) in [5.41, 5.74) is 3.66. The van der Waals surface area contributed by atoms with Gasteiger partial charge in [-0.3, -0.25) is 14.8 Å². The molecule has 1 fully saturated rings. The maximum atomic E-state index is 12.9. The lowest BCUT2D eigenvalue weighted by Gasteiger charge is -2.10. The second-order valence-corrected chi connectivity index (χ2v) is 8.13. The summed E-state index contributed by atoms with van der Waals surface area (Å²) in [5.74, 6) is 0.366. The van der Waals surface area contributed by atoms with Gasteiger partial charge in [-0.2, -0.15) is 5.10 Å². The summed E-state index contributed by atoms with van der Waals surface area (Å²) in [5, 5.41) is 17.0. The summed E-state index contributed by atoms with van der Waals surface area (Å²) in [6, 6.07) is 17.8. The first kappa shape index (κ1) is 17.8. The molecule has 29 heavy (non-hydrogen) atoms. The predicted molar refractivity (Wildman–Crippen MR) is 113 cm³/mol. The number of nitrogens with zero attached hydrogens (tertiary/aromatic N) is 4. The number of hydrogen-bond donors (Lipinski definition) is 1. The van der Waals surface area contributed by atoms with Crippen LogP contribution in [0.1, 0.15) is 39.7 Å². The average molecular weight is 401 g/mol. The molecule has 0 atom stereocenters. The first-order valence-electron chi connectivity index (χ1n) is 9.57. The van der Waals surface area contributed by atoms with Gasteiger partial charge in [-0.05, 0) is 41.7 Å². The van der Waals surface area contributed by atoms with Gasteiger partial charge < -0.3 is 0 Å². The number of benzene rings is 2. The van der Waals surface area contributed by atoms with Crippen molar-refractivity contribution in [1.29, 1.82) is 0 Å². The van der Waals surface area contributed by atoms with E-state index >= 15 is 0 Å². The molecule has 0 radical (unpaired) electrons. The van der Waals surface area contributed by atoms with Crippen molar-refractivity contribution in [3.63, 3.8) is 0 Å². The zero-order valence-electron chi connectivity index (χ0n) is 15.7. The number of amides is 1. The zero-order valence-corrected chi connectivity index (χ0v) is 16.5. The van der Waals surface area contributed by atoms with Crippen LogP contribution in [0.2, 0.25) is 0 Å². The summed E-state index contributed by atoms with van der Waals surface area (Å²) in [7, 11) is 0. The molecule has 6 nitrogen and oxygen atoms in total. The van der Waals surface area contributed by atoms with Gasteiger partial charge in [0.05, 0.1) is 6.54 Å². The number of nitrogens with one attached hydrogen (secondary N) is 1. The van der Waals surface area contributed by atoms with Crippen molar-refractivity contribution in [3.8, 4) is 11.1 Å². The highest BCUT2D eigenvalue weighted by atomic mass is 32.1. The second kappa shape index (κ2) is 7.60. The molecular weight excluding hydrogens is 382 g/mol. The van der Waals surface area contributed by atoms with Crippen LogP contribution in [-0.4, -0.2) is 25.9 Å².